The van der Waals surface area contributed by atoms with Crippen molar-refractivity contribution in [2.75, 3.05) is 19.8 Å². The minimum absolute atomic E-state index is 0.304. The Morgan fingerprint density at radius 2 is 2.27 bits per heavy atom. The largest absolute Gasteiger partial charge is 0.459 e. The number of hydrogen-bond acceptors (Lipinski definition) is 5. The Morgan fingerprint density at radius 3 is 2.87 bits per heavy atom. The van der Waals surface area contributed by atoms with Gasteiger partial charge in [-0.2, -0.15) is 0 Å². The molecule has 0 radical (unpaired) electrons. The molecular formula is C10H14O3S2. The van der Waals surface area contributed by atoms with Crippen molar-refractivity contribution in [3.63, 3.8) is 0 Å². The monoisotopic (exact) mass is 246 g/mol. The third-order valence-corrected chi connectivity index (χ3v) is 2.94. The standard InChI is InChI=1S/C10H14O3S2/c1-2-3-12-4-5-13-10(11)9-6-8(14)7-15-9/h6-7,14H,2-5H2,1H3. The molecule has 1 heterocycles. The molecular weight excluding hydrogens is 232 g/mol. The maximum atomic E-state index is 11.4. The highest BCUT2D eigenvalue weighted by atomic mass is 32.1. The van der Waals surface area contributed by atoms with Gasteiger partial charge in [-0.25, -0.2) is 4.79 Å². The Kier molecular flexibility index (Phi) is 5.75. The van der Waals surface area contributed by atoms with Crippen molar-refractivity contribution in [2.45, 2.75) is 18.2 Å². The first kappa shape index (κ1) is 12.5. The molecule has 0 fully saturated rings. The van der Waals surface area contributed by atoms with Crippen LogP contribution in [-0.2, 0) is 9.47 Å². The van der Waals surface area contributed by atoms with Crippen molar-refractivity contribution in [3.8, 4) is 0 Å². The maximum absolute atomic E-state index is 11.4. The molecule has 0 saturated heterocycles. The van der Waals surface area contributed by atoms with E-state index in [1.54, 1.807) is 11.4 Å². The van der Waals surface area contributed by atoms with E-state index in [0.717, 1.165) is 11.3 Å². The van der Waals surface area contributed by atoms with Gasteiger partial charge in [0.25, 0.3) is 0 Å². The molecule has 0 spiro atoms. The molecule has 15 heavy (non-hydrogen) atoms. The number of carbonyl (C=O) groups excluding carboxylic acids is 1. The highest BCUT2D eigenvalue weighted by Gasteiger charge is 2.08. The number of thiol groups is 1. The Morgan fingerprint density at radius 1 is 1.47 bits per heavy atom. The number of carbonyl (C=O) groups is 1. The first-order valence-corrected chi connectivity index (χ1v) is 6.09. The van der Waals surface area contributed by atoms with Crippen LogP contribution in [0.1, 0.15) is 23.0 Å². The quantitative estimate of drug-likeness (QED) is 0.476. The van der Waals surface area contributed by atoms with Gasteiger partial charge < -0.3 is 9.47 Å². The van der Waals surface area contributed by atoms with E-state index in [1.165, 1.54) is 11.3 Å². The number of ether oxygens (including phenoxy) is 2. The van der Waals surface area contributed by atoms with E-state index in [9.17, 15) is 4.79 Å². The molecule has 1 aromatic heterocycles. The molecule has 0 aliphatic carbocycles. The summed E-state index contributed by atoms with van der Waals surface area (Å²) in [4.78, 5) is 12.8. The Balaban J connectivity index is 2.19. The summed E-state index contributed by atoms with van der Waals surface area (Å²) in [5.41, 5.74) is 0. The molecule has 1 rings (SSSR count). The Labute approximate surface area is 98.8 Å². The summed E-state index contributed by atoms with van der Waals surface area (Å²) >= 11 is 5.45. The normalized spacial score (nSPS) is 10.3. The van der Waals surface area contributed by atoms with Crippen LogP contribution in [0.2, 0.25) is 0 Å². The average Bonchev–Trinajstić information content (AvgIpc) is 2.64. The van der Waals surface area contributed by atoms with Crippen molar-refractivity contribution in [3.05, 3.63) is 16.3 Å². The van der Waals surface area contributed by atoms with E-state index >= 15 is 0 Å². The predicted molar refractivity (Wildman–Crippen MR) is 63.0 cm³/mol. The molecule has 0 aliphatic rings. The van der Waals surface area contributed by atoms with Crippen LogP contribution < -0.4 is 0 Å². The van der Waals surface area contributed by atoms with Crippen molar-refractivity contribution in [1.29, 1.82) is 0 Å². The van der Waals surface area contributed by atoms with Gasteiger partial charge in [0.15, 0.2) is 0 Å². The van der Waals surface area contributed by atoms with Crippen LogP contribution in [0, 0.1) is 0 Å². The SMILES string of the molecule is CCCOCCOC(=O)c1cc(S)cs1. The summed E-state index contributed by atoms with van der Waals surface area (Å²) in [5.74, 6) is -0.305. The van der Waals surface area contributed by atoms with Gasteiger partial charge in [0.1, 0.15) is 11.5 Å². The van der Waals surface area contributed by atoms with Crippen LogP contribution in [0.25, 0.3) is 0 Å². The van der Waals surface area contributed by atoms with Gasteiger partial charge in [0.05, 0.1) is 6.61 Å². The zero-order valence-corrected chi connectivity index (χ0v) is 10.3. The van der Waals surface area contributed by atoms with Gasteiger partial charge in [-0.3, -0.25) is 0 Å². The van der Waals surface area contributed by atoms with Crippen molar-refractivity contribution in [1.82, 2.24) is 0 Å². The molecule has 0 saturated carbocycles. The fourth-order valence-electron chi connectivity index (χ4n) is 0.944. The third kappa shape index (κ3) is 4.68. The molecule has 0 N–H and O–H groups in total. The van der Waals surface area contributed by atoms with E-state index in [0.29, 0.717) is 24.7 Å². The van der Waals surface area contributed by atoms with Gasteiger partial charge in [-0.05, 0) is 12.5 Å². The number of thiophene rings is 1. The fraction of sp³-hybridized carbons (Fsp3) is 0.500. The summed E-state index contributed by atoms with van der Waals surface area (Å²) in [6, 6.07) is 1.70. The van der Waals surface area contributed by atoms with E-state index in [-0.39, 0.29) is 5.97 Å². The van der Waals surface area contributed by atoms with Crippen LogP contribution in [0.15, 0.2) is 16.3 Å². The molecule has 0 atom stereocenters. The minimum atomic E-state index is -0.305. The van der Waals surface area contributed by atoms with Gasteiger partial charge in [0.2, 0.25) is 0 Å². The fourth-order valence-corrected chi connectivity index (χ4v) is 1.98. The van der Waals surface area contributed by atoms with Gasteiger partial charge in [-0.15, -0.1) is 24.0 Å². The number of hydrogen-bond donors (Lipinski definition) is 1. The van der Waals surface area contributed by atoms with Crippen LogP contribution >= 0.6 is 24.0 Å². The lowest BCUT2D eigenvalue weighted by molar-refractivity contribution is 0.0323. The third-order valence-electron chi connectivity index (χ3n) is 1.60. The summed E-state index contributed by atoms with van der Waals surface area (Å²) in [6.07, 6.45) is 0.974. The topological polar surface area (TPSA) is 35.5 Å². The van der Waals surface area contributed by atoms with Gasteiger partial charge in [0, 0.05) is 16.9 Å². The lowest BCUT2D eigenvalue weighted by Crippen LogP contribution is -2.10. The maximum Gasteiger partial charge on any atom is 0.348 e. The van der Waals surface area contributed by atoms with E-state index < -0.39 is 0 Å². The molecule has 0 amide bonds. The van der Waals surface area contributed by atoms with E-state index in [2.05, 4.69) is 12.6 Å². The summed E-state index contributed by atoms with van der Waals surface area (Å²) in [5, 5.41) is 1.80. The number of rotatable bonds is 6. The van der Waals surface area contributed by atoms with Gasteiger partial charge in [-0.1, -0.05) is 6.92 Å². The van der Waals surface area contributed by atoms with Gasteiger partial charge >= 0.3 is 5.97 Å². The molecule has 0 unspecified atom stereocenters. The predicted octanol–water partition coefficient (Wildman–Crippen LogP) is 2.62. The van der Waals surface area contributed by atoms with Crippen LogP contribution in [-0.4, -0.2) is 25.8 Å². The van der Waals surface area contributed by atoms with Crippen molar-refractivity contribution in [2.24, 2.45) is 0 Å². The van der Waals surface area contributed by atoms with Crippen molar-refractivity contribution < 1.29 is 14.3 Å². The highest BCUT2D eigenvalue weighted by molar-refractivity contribution is 7.80. The molecule has 3 nitrogen and oxygen atoms in total. The van der Waals surface area contributed by atoms with Crippen LogP contribution in [0.4, 0.5) is 0 Å². The molecule has 5 heteroatoms. The molecule has 0 aliphatic heterocycles. The molecule has 0 bridgehead atoms. The van der Waals surface area contributed by atoms with E-state index in [4.69, 9.17) is 9.47 Å². The molecule has 1 aromatic rings. The van der Waals surface area contributed by atoms with E-state index in [1.807, 2.05) is 6.92 Å². The first-order valence-electron chi connectivity index (χ1n) is 4.76. The highest BCUT2D eigenvalue weighted by Crippen LogP contribution is 2.18. The van der Waals surface area contributed by atoms with Crippen LogP contribution in [0.3, 0.4) is 0 Å². The smallest absolute Gasteiger partial charge is 0.348 e. The first-order chi connectivity index (χ1) is 7.24. The number of esters is 1. The second-order valence-electron chi connectivity index (χ2n) is 2.92. The zero-order valence-electron chi connectivity index (χ0n) is 8.56. The Hall–Kier alpha value is -0.520. The lowest BCUT2D eigenvalue weighted by Gasteiger charge is -2.03. The molecule has 84 valence electrons. The average molecular weight is 246 g/mol. The molecule has 0 aromatic carbocycles. The Bertz CT molecular complexity index is 309. The van der Waals surface area contributed by atoms with Crippen LogP contribution in [0.5, 0.6) is 0 Å². The van der Waals surface area contributed by atoms with Crippen molar-refractivity contribution >= 4 is 29.9 Å². The summed E-state index contributed by atoms with van der Waals surface area (Å²) < 4.78 is 10.2. The second-order valence-corrected chi connectivity index (χ2v) is 4.35. The lowest BCUT2D eigenvalue weighted by atomic mass is 10.5. The summed E-state index contributed by atoms with van der Waals surface area (Å²) in [6.45, 7) is 3.50. The zero-order chi connectivity index (χ0) is 11.1. The second kappa shape index (κ2) is 6.87. The summed E-state index contributed by atoms with van der Waals surface area (Å²) in [7, 11) is 0. The minimum Gasteiger partial charge on any atom is -0.459 e.